The second kappa shape index (κ2) is 5.57. The molecule has 0 aliphatic rings. The summed E-state index contributed by atoms with van der Waals surface area (Å²) in [5.74, 6) is -0.527. The van der Waals surface area contributed by atoms with Gasteiger partial charge in [0.05, 0.1) is 5.69 Å². The summed E-state index contributed by atoms with van der Waals surface area (Å²) in [5, 5.41) is 5.36. The van der Waals surface area contributed by atoms with Gasteiger partial charge in [-0.05, 0) is 26.8 Å². The van der Waals surface area contributed by atoms with Gasteiger partial charge in [0.1, 0.15) is 11.7 Å². The molecule has 0 bridgehead atoms. The Labute approximate surface area is 107 Å². The minimum Gasteiger partial charge on any atom is -0.397 e. The molecule has 0 radical (unpaired) electrons. The Balaban J connectivity index is 2.65. The van der Waals surface area contributed by atoms with Gasteiger partial charge < -0.3 is 20.9 Å². The lowest BCUT2D eigenvalue weighted by Crippen LogP contribution is -2.47. The van der Waals surface area contributed by atoms with E-state index in [1.165, 1.54) is 0 Å². The number of amides is 2. The van der Waals surface area contributed by atoms with Crippen LogP contribution in [-0.2, 0) is 11.8 Å². The largest absolute Gasteiger partial charge is 0.397 e. The normalized spacial score (nSPS) is 12.3. The zero-order chi connectivity index (χ0) is 13.9. The van der Waals surface area contributed by atoms with Crippen molar-refractivity contribution in [1.29, 1.82) is 0 Å². The number of carbonyl (C=O) groups is 2. The molecule has 6 nitrogen and oxygen atoms in total. The van der Waals surface area contributed by atoms with Gasteiger partial charge in [-0.25, -0.2) is 0 Å². The zero-order valence-corrected chi connectivity index (χ0v) is 11.2. The molecule has 1 aromatic rings. The molecule has 1 rings (SSSR count). The van der Waals surface area contributed by atoms with E-state index in [4.69, 9.17) is 5.73 Å². The molecule has 0 saturated carbocycles. The van der Waals surface area contributed by atoms with Crippen LogP contribution in [0.25, 0.3) is 0 Å². The third-order valence-corrected chi connectivity index (χ3v) is 2.43. The minimum atomic E-state index is -0.587. The van der Waals surface area contributed by atoms with E-state index in [1.807, 2.05) is 13.8 Å². The number of hydrogen-bond acceptors (Lipinski definition) is 3. The monoisotopic (exact) mass is 252 g/mol. The average molecular weight is 252 g/mol. The number of nitrogens with two attached hydrogens (primary N) is 1. The SMILES string of the molecule is CC(C)NC(=O)C(C)NC(=O)c1cc(N)cn1C. The van der Waals surface area contributed by atoms with Gasteiger partial charge in [0.15, 0.2) is 0 Å². The highest BCUT2D eigenvalue weighted by Crippen LogP contribution is 2.08. The third kappa shape index (κ3) is 3.51. The van der Waals surface area contributed by atoms with Crippen molar-refractivity contribution in [2.45, 2.75) is 32.9 Å². The Hall–Kier alpha value is -1.98. The van der Waals surface area contributed by atoms with Crippen molar-refractivity contribution in [1.82, 2.24) is 15.2 Å². The van der Waals surface area contributed by atoms with Crippen LogP contribution in [0.5, 0.6) is 0 Å². The number of anilines is 1. The van der Waals surface area contributed by atoms with Crippen molar-refractivity contribution in [2.75, 3.05) is 5.73 Å². The van der Waals surface area contributed by atoms with E-state index in [1.54, 1.807) is 30.8 Å². The number of hydrogen-bond donors (Lipinski definition) is 3. The average Bonchev–Trinajstić information content (AvgIpc) is 2.56. The van der Waals surface area contributed by atoms with Crippen LogP contribution in [0.2, 0.25) is 0 Å². The molecule has 1 atom stereocenters. The maximum absolute atomic E-state index is 11.9. The lowest BCUT2D eigenvalue weighted by Gasteiger charge is -2.16. The minimum absolute atomic E-state index is 0.0440. The predicted octanol–water partition coefficient (Wildman–Crippen LogP) is 0.250. The number of nitrogens with zero attached hydrogens (tertiary/aromatic N) is 1. The molecule has 0 aliphatic heterocycles. The van der Waals surface area contributed by atoms with Gasteiger partial charge in [-0.3, -0.25) is 9.59 Å². The van der Waals surface area contributed by atoms with Crippen LogP contribution in [0.4, 0.5) is 5.69 Å². The Bertz CT molecular complexity index is 451. The van der Waals surface area contributed by atoms with Crippen LogP contribution >= 0.6 is 0 Å². The quantitative estimate of drug-likeness (QED) is 0.717. The molecule has 0 aliphatic carbocycles. The van der Waals surface area contributed by atoms with Crippen LogP contribution < -0.4 is 16.4 Å². The first-order chi connectivity index (χ1) is 8.31. The molecular weight excluding hydrogens is 232 g/mol. The summed E-state index contributed by atoms with van der Waals surface area (Å²) in [6.45, 7) is 5.37. The summed E-state index contributed by atoms with van der Waals surface area (Å²) < 4.78 is 1.62. The van der Waals surface area contributed by atoms with Crippen molar-refractivity contribution in [3.8, 4) is 0 Å². The molecule has 0 saturated heterocycles. The van der Waals surface area contributed by atoms with E-state index >= 15 is 0 Å². The molecule has 4 N–H and O–H groups in total. The molecule has 1 unspecified atom stereocenters. The number of nitrogen functional groups attached to an aromatic ring is 1. The van der Waals surface area contributed by atoms with Crippen LogP contribution in [0.15, 0.2) is 12.3 Å². The summed E-state index contributed by atoms with van der Waals surface area (Å²) in [6.07, 6.45) is 1.65. The fourth-order valence-corrected chi connectivity index (χ4v) is 1.56. The number of rotatable bonds is 4. The Morgan fingerprint density at radius 2 is 1.89 bits per heavy atom. The molecular formula is C12H20N4O2. The molecule has 18 heavy (non-hydrogen) atoms. The van der Waals surface area contributed by atoms with Crippen molar-refractivity contribution in [3.05, 3.63) is 18.0 Å². The molecule has 2 amide bonds. The van der Waals surface area contributed by atoms with Gasteiger partial charge >= 0.3 is 0 Å². The molecule has 1 aromatic heterocycles. The van der Waals surface area contributed by atoms with Crippen molar-refractivity contribution in [3.63, 3.8) is 0 Å². The molecule has 0 fully saturated rings. The Morgan fingerprint density at radius 3 is 2.33 bits per heavy atom. The second-order valence-electron chi connectivity index (χ2n) is 4.63. The number of aryl methyl sites for hydroxylation is 1. The van der Waals surface area contributed by atoms with E-state index in [-0.39, 0.29) is 17.9 Å². The van der Waals surface area contributed by atoms with Crippen molar-refractivity contribution >= 4 is 17.5 Å². The molecule has 0 spiro atoms. The lowest BCUT2D eigenvalue weighted by atomic mass is 10.2. The van der Waals surface area contributed by atoms with E-state index in [2.05, 4.69) is 10.6 Å². The van der Waals surface area contributed by atoms with E-state index in [9.17, 15) is 9.59 Å². The number of carbonyl (C=O) groups excluding carboxylic acids is 2. The highest BCUT2D eigenvalue weighted by molar-refractivity contribution is 5.97. The smallest absolute Gasteiger partial charge is 0.268 e. The fourth-order valence-electron chi connectivity index (χ4n) is 1.56. The van der Waals surface area contributed by atoms with Crippen molar-refractivity contribution in [2.24, 2.45) is 7.05 Å². The van der Waals surface area contributed by atoms with Crippen LogP contribution in [0.1, 0.15) is 31.3 Å². The summed E-state index contributed by atoms with van der Waals surface area (Å²) >= 11 is 0. The fraction of sp³-hybridized carbons (Fsp3) is 0.500. The van der Waals surface area contributed by atoms with Crippen molar-refractivity contribution < 1.29 is 9.59 Å². The molecule has 1 heterocycles. The highest BCUT2D eigenvalue weighted by atomic mass is 16.2. The zero-order valence-electron chi connectivity index (χ0n) is 11.2. The maximum Gasteiger partial charge on any atom is 0.268 e. The maximum atomic E-state index is 11.9. The molecule has 100 valence electrons. The topological polar surface area (TPSA) is 89.2 Å². The van der Waals surface area contributed by atoms with Gasteiger partial charge in [0, 0.05) is 19.3 Å². The summed E-state index contributed by atoms with van der Waals surface area (Å²) in [6, 6.07) is 1.03. The van der Waals surface area contributed by atoms with Gasteiger partial charge in [-0.2, -0.15) is 0 Å². The lowest BCUT2D eigenvalue weighted by molar-refractivity contribution is -0.123. The number of nitrogens with one attached hydrogen (secondary N) is 2. The molecule has 6 heteroatoms. The third-order valence-electron chi connectivity index (χ3n) is 2.43. The second-order valence-corrected chi connectivity index (χ2v) is 4.63. The number of aromatic nitrogens is 1. The van der Waals surface area contributed by atoms with E-state index in [0.29, 0.717) is 11.4 Å². The van der Waals surface area contributed by atoms with Gasteiger partial charge in [0.2, 0.25) is 5.91 Å². The van der Waals surface area contributed by atoms with E-state index < -0.39 is 6.04 Å². The van der Waals surface area contributed by atoms with E-state index in [0.717, 1.165) is 0 Å². The predicted molar refractivity (Wildman–Crippen MR) is 70.0 cm³/mol. The molecule has 0 aromatic carbocycles. The first-order valence-corrected chi connectivity index (χ1v) is 5.84. The Kier molecular flexibility index (Phi) is 4.36. The van der Waals surface area contributed by atoms with Gasteiger partial charge in [0.25, 0.3) is 5.91 Å². The first kappa shape index (κ1) is 14.1. The Morgan fingerprint density at radius 1 is 1.28 bits per heavy atom. The van der Waals surface area contributed by atoms with Crippen LogP contribution in [0, 0.1) is 0 Å². The van der Waals surface area contributed by atoms with Gasteiger partial charge in [-0.15, -0.1) is 0 Å². The first-order valence-electron chi connectivity index (χ1n) is 5.84. The highest BCUT2D eigenvalue weighted by Gasteiger charge is 2.18. The van der Waals surface area contributed by atoms with Crippen LogP contribution in [-0.4, -0.2) is 28.5 Å². The standard InChI is InChI=1S/C12H20N4O2/c1-7(2)14-11(17)8(3)15-12(18)10-5-9(13)6-16(10)4/h5-8H,13H2,1-4H3,(H,14,17)(H,15,18). The van der Waals surface area contributed by atoms with Crippen LogP contribution in [0.3, 0.4) is 0 Å². The summed E-state index contributed by atoms with van der Waals surface area (Å²) in [7, 11) is 1.73. The summed E-state index contributed by atoms with van der Waals surface area (Å²) in [5.41, 5.74) is 6.54. The summed E-state index contributed by atoms with van der Waals surface area (Å²) in [4.78, 5) is 23.6. The van der Waals surface area contributed by atoms with Gasteiger partial charge in [-0.1, -0.05) is 0 Å².